The number of ether oxygens (including phenoxy) is 1. The first-order chi connectivity index (χ1) is 10.2. The lowest BCUT2D eigenvalue weighted by Gasteiger charge is -2.20. The second kappa shape index (κ2) is 7.76. The van der Waals surface area contributed by atoms with Gasteiger partial charge in [0.2, 0.25) is 0 Å². The van der Waals surface area contributed by atoms with Gasteiger partial charge in [0.1, 0.15) is 0 Å². The number of thiophene rings is 1. The van der Waals surface area contributed by atoms with E-state index < -0.39 is 0 Å². The topological polar surface area (TPSA) is 29.5 Å². The minimum absolute atomic E-state index is 0.303. The summed E-state index contributed by atoms with van der Waals surface area (Å²) in [5.41, 5.74) is 1.75. The Kier molecular flexibility index (Phi) is 5.72. The summed E-state index contributed by atoms with van der Waals surface area (Å²) in [6.45, 7) is 6.38. The third kappa shape index (κ3) is 4.55. The molecule has 2 rings (SSSR count). The van der Waals surface area contributed by atoms with Crippen LogP contribution < -0.4 is 0 Å². The number of benzene rings is 1. The average Bonchev–Trinajstić information content (AvgIpc) is 3.00. The molecule has 110 valence electrons. The maximum atomic E-state index is 11.4. The Balaban J connectivity index is 2.02. The highest BCUT2D eigenvalue weighted by Crippen LogP contribution is 2.15. The van der Waals surface area contributed by atoms with Gasteiger partial charge >= 0.3 is 5.97 Å². The second-order valence-corrected chi connectivity index (χ2v) is 5.76. The van der Waals surface area contributed by atoms with Gasteiger partial charge in [0.05, 0.1) is 12.7 Å². The van der Waals surface area contributed by atoms with E-state index in [0.717, 1.165) is 19.6 Å². The molecule has 0 N–H and O–H groups in total. The van der Waals surface area contributed by atoms with E-state index >= 15 is 0 Å². The molecule has 0 atom stereocenters. The summed E-state index contributed by atoms with van der Waals surface area (Å²) in [6.07, 6.45) is 1.91. The normalized spacial score (nSPS) is 10.6. The predicted molar refractivity (Wildman–Crippen MR) is 86.4 cm³/mol. The van der Waals surface area contributed by atoms with Crippen molar-refractivity contribution in [1.82, 2.24) is 4.90 Å². The summed E-state index contributed by atoms with van der Waals surface area (Å²) in [4.78, 5) is 15.1. The Morgan fingerprint density at radius 3 is 2.62 bits per heavy atom. The fourth-order valence-electron chi connectivity index (χ4n) is 2.11. The molecule has 0 bridgehead atoms. The van der Waals surface area contributed by atoms with Gasteiger partial charge in [0.15, 0.2) is 0 Å². The summed E-state index contributed by atoms with van der Waals surface area (Å²) >= 11 is 1.76. The molecule has 0 aliphatic rings. The van der Waals surface area contributed by atoms with Crippen molar-refractivity contribution in [3.63, 3.8) is 0 Å². The van der Waals surface area contributed by atoms with Gasteiger partial charge < -0.3 is 4.74 Å². The Morgan fingerprint density at radius 2 is 2.05 bits per heavy atom. The van der Waals surface area contributed by atoms with E-state index in [2.05, 4.69) is 29.0 Å². The SMILES string of the molecule is C=CCN(Cc1ccc(C(=O)OC)cc1)Cc1cccs1. The largest absolute Gasteiger partial charge is 0.465 e. The maximum Gasteiger partial charge on any atom is 0.337 e. The van der Waals surface area contributed by atoms with Crippen LogP contribution >= 0.6 is 11.3 Å². The molecule has 3 nitrogen and oxygen atoms in total. The number of esters is 1. The third-order valence-corrected chi connectivity index (χ3v) is 3.99. The van der Waals surface area contributed by atoms with Gasteiger partial charge in [0, 0.05) is 24.5 Å². The van der Waals surface area contributed by atoms with E-state index in [1.807, 2.05) is 18.2 Å². The van der Waals surface area contributed by atoms with E-state index in [4.69, 9.17) is 4.74 Å². The van der Waals surface area contributed by atoms with Crippen molar-refractivity contribution in [1.29, 1.82) is 0 Å². The quantitative estimate of drug-likeness (QED) is 0.576. The predicted octanol–water partition coefficient (Wildman–Crippen LogP) is 3.72. The first kappa shape index (κ1) is 15.5. The maximum absolute atomic E-state index is 11.4. The standard InChI is InChI=1S/C17H19NO2S/c1-3-10-18(13-16-5-4-11-21-16)12-14-6-8-15(9-7-14)17(19)20-2/h3-9,11H,1,10,12-13H2,2H3. The molecule has 0 saturated heterocycles. The van der Waals surface area contributed by atoms with Crippen molar-refractivity contribution in [3.05, 3.63) is 70.4 Å². The lowest BCUT2D eigenvalue weighted by atomic mass is 10.1. The zero-order chi connectivity index (χ0) is 15.1. The first-order valence-electron chi connectivity index (χ1n) is 6.76. The molecule has 2 aromatic rings. The molecule has 0 fully saturated rings. The number of nitrogens with zero attached hydrogens (tertiary/aromatic N) is 1. The molecule has 0 aliphatic carbocycles. The molecule has 1 aromatic heterocycles. The van der Waals surface area contributed by atoms with Crippen LogP contribution in [0.4, 0.5) is 0 Å². The van der Waals surface area contributed by atoms with Crippen LogP contribution in [0, 0.1) is 0 Å². The summed E-state index contributed by atoms with van der Waals surface area (Å²) < 4.78 is 4.70. The number of hydrogen-bond donors (Lipinski definition) is 0. The highest BCUT2D eigenvalue weighted by Gasteiger charge is 2.08. The van der Waals surface area contributed by atoms with Crippen molar-refractivity contribution in [3.8, 4) is 0 Å². The van der Waals surface area contributed by atoms with Crippen molar-refractivity contribution in [2.45, 2.75) is 13.1 Å². The summed E-state index contributed by atoms with van der Waals surface area (Å²) in [5.74, 6) is -0.303. The number of hydrogen-bond acceptors (Lipinski definition) is 4. The fourth-order valence-corrected chi connectivity index (χ4v) is 2.86. The van der Waals surface area contributed by atoms with Crippen LogP contribution in [0.1, 0.15) is 20.8 Å². The molecule has 4 heteroatoms. The van der Waals surface area contributed by atoms with Crippen molar-refractivity contribution in [2.75, 3.05) is 13.7 Å². The van der Waals surface area contributed by atoms with Crippen molar-refractivity contribution in [2.24, 2.45) is 0 Å². The Morgan fingerprint density at radius 1 is 1.29 bits per heavy atom. The minimum atomic E-state index is -0.303. The molecule has 21 heavy (non-hydrogen) atoms. The highest BCUT2D eigenvalue weighted by molar-refractivity contribution is 7.09. The van der Waals surface area contributed by atoms with E-state index in [1.54, 1.807) is 23.5 Å². The van der Waals surface area contributed by atoms with E-state index in [1.165, 1.54) is 17.6 Å². The number of carbonyl (C=O) groups excluding carboxylic acids is 1. The average molecular weight is 301 g/mol. The van der Waals surface area contributed by atoms with Crippen molar-refractivity contribution < 1.29 is 9.53 Å². The van der Waals surface area contributed by atoms with Gasteiger partial charge in [0.25, 0.3) is 0 Å². The van der Waals surface area contributed by atoms with Crippen molar-refractivity contribution >= 4 is 17.3 Å². The molecular formula is C17H19NO2S. The molecule has 0 spiro atoms. The Labute approximate surface area is 129 Å². The number of rotatable bonds is 7. The van der Waals surface area contributed by atoms with Gasteiger partial charge in [-0.25, -0.2) is 4.79 Å². The third-order valence-electron chi connectivity index (χ3n) is 3.13. The number of carbonyl (C=O) groups is 1. The molecule has 0 unspecified atom stereocenters. The zero-order valence-corrected chi connectivity index (χ0v) is 12.9. The highest BCUT2D eigenvalue weighted by atomic mass is 32.1. The Bertz CT molecular complexity index is 575. The van der Waals surface area contributed by atoms with E-state index in [-0.39, 0.29) is 5.97 Å². The molecule has 1 heterocycles. The molecule has 0 saturated carbocycles. The zero-order valence-electron chi connectivity index (χ0n) is 12.1. The van der Waals surface area contributed by atoms with Crippen LogP contribution in [0.3, 0.4) is 0 Å². The minimum Gasteiger partial charge on any atom is -0.465 e. The van der Waals surface area contributed by atoms with Gasteiger partial charge in [-0.05, 0) is 29.1 Å². The summed E-state index contributed by atoms with van der Waals surface area (Å²) in [6, 6.07) is 11.8. The molecule has 0 amide bonds. The second-order valence-electron chi connectivity index (χ2n) is 4.73. The summed E-state index contributed by atoms with van der Waals surface area (Å²) in [7, 11) is 1.39. The van der Waals surface area contributed by atoms with Crippen LogP contribution in [0.2, 0.25) is 0 Å². The van der Waals surface area contributed by atoms with Gasteiger partial charge in [-0.2, -0.15) is 0 Å². The Hall–Kier alpha value is -1.91. The van der Waals surface area contributed by atoms with Gasteiger partial charge in [-0.1, -0.05) is 24.3 Å². The van der Waals surface area contributed by atoms with E-state index in [0.29, 0.717) is 5.56 Å². The van der Waals surface area contributed by atoms with Gasteiger partial charge in [-0.3, -0.25) is 4.90 Å². The van der Waals surface area contributed by atoms with Gasteiger partial charge in [-0.15, -0.1) is 17.9 Å². The molecule has 0 aliphatic heterocycles. The number of methoxy groups -OCH3 is 1. The van der Waals surface area contributed by atoms with Crippen LogP contribution in [-0.2, 0) is 17.8 Å². The first-order valence-corrected chi connectivity index (χ1v) is 7.63. The van der Waals surface area contributed by atoms with Crippen LogP contribution in [0.25, 0.3) is 0 Å². The van der Waals surface area contributed by atoms with Crippen LogP contribution in [0.15, 0.2) is 54.4 Å². The molecule has 1 aromatic carbocycles. The smallest absolute Gasteiger partial charge is 0.337 e. The summed E-state index contributed by atoms with van der Waals surface area (Å²) in [5, 5.41) is 2.09. The van der Waals surface area contributed by atoms with Crippen LogP contribution in [-0.4, -0.2) is 24.5 Å². The fraction of sp³-hybridized carbons (Fsp3) is 0.235. The monoisotopic (exact) mass is 301 g/mol. The lowest BCUT2D eigenvalue weighted by Crippen LogP contribution is -2.22. The molecular weight excluding hydrogens is 282 g/mol. The van der Waals surface area contributed by atoms with E-state index in [9.17, 15) is 4.79 Å². The molecule has 0 radical (unpaired) electrons. The lowest BCUT2D eigenvalue weighted by molar-refractivity contribution is 0.0600. The van der Waals surface area contributed by atoms with Crippen LogP contribution in [0.5, 0.6) is 0 Å².